The third-order valence-electron chi connectivity index (χ3n) is 5.65. The number of hydrogen-bond acceptors (Lipinski definition) is 5. The maximum Gasteiger partial charge on any atom is 0.274 e. The Hall–Kier alpha value is -3.08. The van der Waals surface area contributed by atoms with Gasteiger partial charge in [0, 0.05) is 18.3 Å². The summed E-state index contributed by atoms with van der Waals surface area (Å²) in [4.78, 5) is 16.1. The van der Waals surface area contributed by atoms with Crippen LogP contribution in [0.5, 0.6) is 0 Å². The molecule has 2 aliphatic rings. The van der Waals surface area contributed by atoms with Gasteiger partial charge in [-0.05, 0) is 49.6 Å². The lowest BCUT2D eigenvalue weighted by molar-refractivity contribution is 0.102. The largest absolute Gasteiger partial charge is 0.345 e. The summed E-state index contributed by atoms with van der Waals surface area (Å²) in [6.07, 6.45) is 2.09. The number of nitrogens with zero attached hydrogens (tertiary/aromatic N) is 2. The Balaban J connectivity index is 1.72. The molecule has 4 rings (SSSR count). The zero-order valence-corrected chi connectivity index (χ0v) is 16.8. The number of benzene rings is 1. The molecule has 1 saturated carbocycles. The molecule has 1 aromatic heterocycles. The van der Waals surface area contributed by atoms with E-state index < -0.39 is 38.4 Å². The van der Waals surface area contributed by atoms with Crippen molar-refractivity contribution < 1.29 is 22.0 Å². The number of anilines is 1. The summed E-state index contributed by atoms with van der Waals surface area (Å²) in [7, 11) is -2.56. The molecule has 2 fully saturated rings. The third kappa shape index (κ3) is 3.09. The number of carbonyl (C=O) groups excluding carboxylic acids is 1. The van der Waals surface area contributed by atoms with Crippen LogP contribution >= 0.6 is 0 Å². The highest BCUT2D eigenvalue weighted by molar-refractivity contribution is 7.90. The average Bonchev–Trinajstić information content (AvgIpc) is 3.14. The molecule has 0 radical (unpaired) electrons. The van der Waals surface area contributed by atoms with Crippen molar-refractivity contribution in [2.24, 2.45) is 0 Å². The zero-order chi connectivity index (χ0) is 21.7. The van der Waals surface area contributed by atoms with Gasteiger partial charge >= 0.3 is 0 Å². The van der Waals surface area contributed by atoms with Crippen molar-refractivity contribution >= 4 is 27.6 Å². The SMILES string of the molecule is CN1C(=N)N[C@@]2(c3cc(NC(=O)c4ccc(F)cn4)ccc3F)CCC[C@H]2S1(=O)=O. The van der Waals surface area contributed by atoms with Crippen molar-refractivity contribution in [1.82, 2.24) is 14.6 Å². The lowest BCUT2D eigenvalue weighted by Gasteiger charge is -2.44. The van der Waals surface area contributed by atoms with Gasteiger partial charge in [-0.15, -0.1) is 0 Å². The van der Waals surface area contributed by atoms with E-state index >= 15 is 0 Å². The molecule has 158 valence electrons. The normalized spacial score (nSPS) is 24.8. The Morgan fingerprint density at radius 1 is 1.33 bits per heavy atom. The van der Waals surface area contributed by atoms with Crippen LogP contribution in [-0.4, -0.2) is 41.9 Å². The molecule has 2 aromatic rings. The molecule has 2 heterocycles. The minimum absolute atomic E-state index is 0.0269. The zero-order valence-electron chi connectivity index (χ0n) is 15.9. The molecule has 0 spiro atoms. The van der Waals surface area contributed by atoms with Gasteiger partial charge < -0.3 is 10.6 Å². The number of nitrogens with one attached hydrogen (secondary N) is 3. The Labute approximate surface area is 171 Å². The minimum Gasteiger partial charge on any atom is -0.345 e. The Bertz CT molecular complexity index is 1140. The minimum atomic E-state index is -3.85. The molecule has 0 bridgehead atoms. The van der Waals surface area contributed by atoms with E-state index in [1.807, 2.05) is 0 Å². The lowest BCUT2D eigenvalue weighted by atomic mass is 9.86. The predicted molar refractivity (Wildman–Crippen MR) is 105 cm³/mol. The first kappa shape index (κ1) is 20.2. The monoisotopic (exact) mass is 435 g/mol. The molecule has 30 heavy (non-hydrogen) atoms. The van der Waals surface area contributed by atoms with Crippen molar-refractivity contribution in [3.05, 3.63) is 59.4 Å². The second-order valence-electron chi connectivity index (χ2n) is 7.35. The second-order valence-corrected chi connectivity index (χ2v) is 9.50. The first-order valence-corrected chi connectivity index (χ1v) is 10.7. The van der Waals surface area contributed by atoms with Crippen molar-refractivity contribution in [3.63, 3.8) is 0 Å². The third-order valence-corrected chi connectivity index (χ3v) is 7.95. The highest BCUT2D eigenvalue weighted by atomic mass is 32.2. The number of fused-ring (bicyclic) bond motifs is 1. The average molecular weight is 435 g/mol. The molecule has 1 aliphatic heterocycles. The van der Waals surface area contributed by atoms with Gasteiger partial charge in [-0.1, -0.05) is 0 Å². The molecular weight excluding hydrogens is 416 g/mol. The molecule has 1 amide bonds. The molecule has 1 aliphatic carbocycles. The highest BCUT2D eigenvalue weighted by Gasteiger charge is 2.57. The summed E-state index contributed by atoms with van der Waals surface area (Å²) >= 11 is 0. The van der Waals surface area contributed by atoms with E-state index in [4.69, 9.17) is 5.41 Å². The maximum absolute atomic E-state index is 14.9. The van der Waals surface area contributed by atoms with Gasteiger partial charge in [-0.25, -0.2) is 26.5 Å². The fourth-order valence-corrected chi connectivity index (χ4v) is 6.11. The summed E-state index contributed by atoms with van der Waals surface area (Å²) in [6.45, 7) is 0. The van der Waals surface area contributed by atoms with Crippen molar-refractivity contribution in [1.29, 1.82) is 5.41 Å². The van der Waals surface area contributed by atoms with E-state index in [0.717, 1.165) is 22.6 Å². The van der Waals surface area contributed by atoms with E-state index in [0.29, 0.717) is 19.3 Å². The van der Waals surface area contributed by atoms with Gasteiger partial charge in [0.1, 0.15) is 22.6 Å². The van der Waals surface area contributed by atoms with Crippen LogP contribution in [0.3, 0.4) is 0 Å². The van der Waals surface area contributed by atoms with Gasteiger partial charge in [0.25, 0.3) is 5.91 Å². The van der Waals surface area contributed by atoms with Crippen molar-refractivity contribution in [3.8, 4) is 0 Å². The smallest absolute Gasteiger partial charge is 0.274 e. The topological polar surface area (TPSA) is 115 Å². The fourth-order valence-electron chi connectivity index (χ4n) is 4.15. The highest BCUT2D eigenvalue weighted by Crippen LogP contribution is 2.47. The molecule has 2 atom stereocenters. The number of hydrogen-bond donors (Lipinski definition) is 3. The predicted octanol–water partition coefficient (Wildman–Crippen LogP) is 2.16. The van der Waals surface area contributed by atoms with Gasteiger partial charge in [0.2, 0.25) is 16.0 Å². The van der Waals surface area contributed by atoms with E-state index in [1.54, 1.807) is 0 Å². The van der Waals surface area contributed by atoms with E-state index in [9.17, 15) is 22.0 Å². The Kier molecular flexibility index (Phi) is 4.72. The van der Waals surface area contributed by atoms with Crippen molar-refractivity contribution in [2.75, 3.05) is 12.4 Å². The number of sulfonamides is 1. The van der Waals surface area contributed by atoms with E-state index in [1.165, 1.54) is 25.2 Å². The standard InChI is InChI=1S/C19H19F2N5O3S/c1-26-18(22)25-19(8-2-3-16(19)30(26,28)29)13-9-12(5-6-14(13)21)24-17(27)15-7-4-11(20)10-23-15/h4-7,9-10,16H,2-3,8H2,1H3,(H2,22,25)(H,24,27)/t16-,19-/m1/s1. The van der Waals surface area contributed by atoms with Crippen molar-refractivity contribution in [2.45, 2.75) is 30.1 Å². The number of aromatic nitrogens is 1. The number of halogens is 2. The number of amides is 1. The fraction of sp³-hybridized carbons (Fsp3) is 0.316. The molecule has 8 nitrogen and oxygen atoms in total. The first-order valence-electron chi connectivity index (χ1n) is 9.22. The summed E-state index contributed by atoms with van der Waals surface area (Å²) < 4.78 is 54.5. The number of pyridine rings is 1. The van der Waals surface area contributed by atoms with Crippen LogP contribution in [0, 0.1) is 17.0 Å². The van der Waals surface area contributed by atoms with Gasteiger partial charge in [0.15, 0.2) is 0 Å². The van der Waals surface area contributed by atoms with Crippen LogP contribution in [0.25, 0.3) is 0 Å². The summed E-state index contributed by atoms with van der Waals surface area (Å²) in [5, 5.41) is 12.6. The van der Waals surface area contributed by atoms with E-state index in [2.05, 4.69) is 15.6 Å². The number of carbonyl (C=O) groups is 1. The van der Waals surface area contributed by atoms with Crippen LogP contribution < -0.4 is 10.6 Å². The quantitative estimate of drug-likeness (QED) is 0.684. The van der Waals surface area contributed by atoms with Gasteiger partial charge in [-0.3, -0.25) is 10.2 Å². The molecule has 1 saturated heterocycles. The van der Waals surface area contributed by atoms with E-state index in [-0.39, 0.29) is 22.9 Å². The molecular formula is C19H19F2N5O3S. The summed E-state index contributed by atoms with van der Waals surface area (Å²) in [6, 6.07) is 6.17. The molecule has 0 unspecified atom stereocenters. The van der Waals surface area contributed by atoms with Crippen LogP contribution in [-0.2, 0) is 15.6 Å². The molecule has 3 N–H and O–H groups in total. The van der Waals surface area contributed by atoms with Crippen LogP contribution in [0.4, 0.5) is 14.5 Å². The number of rotatable bonds is 3. The van der Waals surface area contributed by atoms with Crippen LogP contribution in [0.2, 0.25) is 0 Å². The summed E-state index contributed by atoms with van der Waals surface area (Å²) in [5.41, 5.74) is -1.04. The molecule has 11 heteroatoms. The molecule has 1 aromatic carbocycles. The lowest BCUT2D eigenvalue weighted by Crippen LogP contribution is -2.65. The second kappa shape index (κ2) is 7.01. The maximum atomic E-state index is 14.9. The first-order chi connectivity index (χ1) is 14.1. The Morgan fingerprint density at radius 2 is 2.10 bits per heavy atom. The Morgan fingerprint density at radius 3 is 2.80 bits per heavy atom. The van der Waals surface area contributed by atoms with Gasteiger partial charge in [0.05, 0.1) is 11.7 Å². The van der Waals surface area contributed by atoms with Crippen LogP contribution in [0.15, 0.2) is 36.5 Å². The number of guanidine groups is 1. The van der Waals surface area contributed by atoms with Crippen LogP contribution in [0.1, 0.15) is 35.3 Å². The summed E-state index contributed by atoms with van der Waals surface area (Å²) in [5.74, 6) is -2.18. The van der Waals surface area contributed by atoms with Gasteiger partial charge in [-0.2, -0.15) is 0 Å².